The number of methoxy groups -OCH3 is 1. The Kier molecular flexibility index (Phi) is 6.30. The van der Waals surface area contributed by atoms with E-state index in [0.717, 1.165) is 47.8 Å². The molecule has 0 aliphatic carbocycles. The number of benzene rings is 1. The Morgan fingerprint density at radius 1 is 1.12 bits per heavy atom. The van der Waals surface area contributed by atoms with E-state index in [-0.39, 0.29) is 11.9 Å². The van der Waals surface area contributed by atoms with Crippen molar-refractivity contribution in [3.63, 3.8) is 0 Å². The molecule has 1 aliphatic rings. The molecule has 1 fully saturated rings. The van der Waals surface area contributed by atoms with Gasteiger partial charge >= 0.3 is 0 Å². The number of anilines is 1. The maximum atomic E-state index is 13.1. The van der Waals surface area contributed by atoms with E-state index in [1.807, 2.05) is 51.1 Å². The van der Waals surface area contributed by atoms with Crippen molar-refractivity contribution in [2.24, 2.45) is 0 Å². The van der Waals surface area contributed by atoms with Crippen LogP contribution in [0.2, 0.25) is 0 Å². The molecule has 32 heavy (non-hydrogen) atoms. The van der Waals surface area contributed by atoms with E-state index in [9.17, 15) is 4.79 Å². The van der Waals surface area contributed by atoms with Crippen LogP contribution >= 0.6 is 0 Å². The molecule has 0 unspecified atom stereocenters. The minimum Gasteiger partial charge on any atom is -0.497 e. The first-order valence-electron chi connectivity index (χ1n) is 10.8. The molecule has 8 heteroatoms. The van der Waals surface area contributed by atoms with Gasteiger partial charge in [-0.2, -0.15) is 0 Å². The van der Waals surface area contributed by atoms with Crippen LogP contribution in [0.25, 0.3) is 0 Å². The molecule has 4 rings (SSSR count). The number of nitrogens with zero attached hydrogens (tertiary/aromatic N) is 5. The number of amides is 1. The molecule has 3 aromatic rings. The third-order valence-electron chi connectivity index (χ3n) is 5.59. The summed E-state index contributed by atoms with van der Waals surface area (Å²) in [6, 6.07) is 9.51. The SMILES string of the molecule is COc1ccc(CNC(=O)c2cnc(C)nc2[C@@H]2CCCN2c2nc(C)cc(C)n2)cc1. The van der Waals surface area contributed by atoms with Crippen molar-refractivity contribution in [3.8, 4) is 5.75 Å². The zero-order valence-electron chi connectivity index (χ0n) is 18.9. The van der Waals surface area contributed by atoms with Crippen LogP contribution in [0.15, 0.2) is 36.5 Å². The smallest absolute Gasteiger partial charge is 0.255 e. The van der Waals surface area contributed by atoms with Crippen molar-refractivity contribution < 1.29 is 9.53 Å². The highest BCUT2D eigenvalue weighted by molar-refractivity contribution is 5.95. The van der Waals surface area contributed by atoms with E-state index in [1.54, 1.807) is 13.3 Å². The maximum Gasteiger partial charge on any atom is 0.255 e. The number of carbonyl (C=O) groups is 1. The Bertz CT molecular complexity index is 1100. The van der Waals surface area contributed by atoms with E-state index in [0.29, 0.717) is 23.9 Å². The summed E-state index contributed by atoms with van der Waals surface area (Å²) in [6.45, 7) is 7.01. The van der Waals surface area contributed by atoms with Crippen LogP contribution in [0.3, 0.4) is 0 Å². The van der Waals surface area contributed by atoms with Crippen LogP contribution in [0.5, 0.6) is 5.75 Å². The predicted molar refractivity (Wildman–Crippen MR) is 122 cm³/mol. The van der Waals surface area contributed by atoms with Crippen LogP contribution in [0, 0.1) is 20.8 Å². The lowest BCUT2D eigenvalue weighted by Gasteiger charge is -2.26. The molecule has 2 aromatic heterocycles. The van der Waals surface area contributed by atoms with Gasteiger partial charge in [-0.05, 0) is 57.4 Å². The molecule has 1 amide bonds. The molecular formula is C24H28N6O2. The predicted octanol–water partition coefficient (Wildman–Crippen LogP) is 3.47. The van der Waals surface area contributed by atoms with E-state index < -0.39 is 0 Å². The Morgan fingerprint density at radius 3 is 2.53 bits per heavy atom. The van der Waals surface area contributed by atoms with Crippen LogP contribution in [-0.4, -0.2) is 39.5 Å². The van der Waals surface area contributed by atoms with Gasteiger partial charge in [-0.15, -0.1) is 0 Å². The minimum absolute atomic E-state index is 0.0698. The molecule has 0 radical (unpaired) electrons. The summed E-state index contributed by atoms with van der Waals surface area (Å²) in [7, 11) is 1.63. The van der Waals surface area contributed by atoms with E-state index in [2.05, 4.69) is 30.2 Å². The fourth-order valence-corrected chi connectivity index (χ4v) is 4.06. The molecule has 0 saturated carbocycles. The molecule has 0 bridgehead atoms. The van der Waals surface area contributed by atoms with Crippen molar-refractivity contribution in [1.29, 1.82) is 0 Å². The summed E-state index contributed by atoms with van der Waals surface area (Å²) >= 11 is 0. The normalized spacial score (nSPS) is 15.6. The van der Waals surface area contributed by atoms with E-state index in [1.165, 1.54) is 0 Å². The lowest BCUT2D eigenvalue weighted by molar-refractivity contribution is 0.0948. The van der Waals surface area contributed by atoms with Crippen LogP contribution in [0.1, 0.15) is 57.7 Å². The minimum atomic E-state index is -0.191. The van der Waals surface area contributed by atoms with Gasteiger partial charge in [-0.25, -0.2) is 19.9 Å². The number of hydrogen-bond donors (Lipinski definition) is 1. The summed E-state index contributed by atoms with van der Waals surface area (Å²) in [4.78, 5) is 33.5. The average Bonchev–Trinajstić information content (AvgIpc) is 3.27. The first-order valence-corrected chi connectivity index (χ1v) is 10.8. The summed E-state index contributed by atoms with van der Waals surface area (Å²) < 4.78 is 5.19. The highest BCUT2D eigenvalue weighted by Gasteiger charge is 2.33. The van der Waals surface area contributed by atoms with Crippen LogP contribution in [-0.2, 0) is 6.54 Å². The molecular weight excluding hydrogens is 404 g/mol. The highest BCUT2D eigenvalue weighted by atomic mass is 16.5. The molecule has 1 aliphatic heterocycles. The van der Waals surface area contributed by atoms with Crippen molar-refractivity contribution in [3.05, 3.63) is 70.6 Å². The molecule has 3 heterocycles. The number of aromatic nitrogens is 4. The summed E-state index contributed by atoms with van der Waals surface area (Å²) in [6.07, 6.45) is 3.49. The number of hydrogen-bond acceptors (Lipinski definition) is 7. The van der Waals surface area contributed by atoms with Gasteiger partial charge in [-0.1, -0.05) is 12.1 Å². The molecule has 1 N–H and O–H groups in total. The van der Waals surface area contributed by atoms with E-state index in [4.69, 9.17) is 4.74 Å². The second kappa shape index (κ2) is 9.30. The first kappa shape index (κ1) is 21.7. The van der Waals surface area contributed by atoms with Gasteiger partial charge in [0.2, 0.25) is 5.95 Å². The Labute approximate surface area is 188 Å². The number of nitrogens with one attached hydrogen (secondary N) is 1. The average molecular weight is 433 g/mol. The lowest BCUT2D eigenvalue weighted by atomic mass is 10.1. The molecule has 1 saturated heterocycles. The Hall–Kier alpha value is -3.55. The number of aryl methyl sites for hydroxylation is 3. The molecule has 0 spiro atoms. The standard InChI is InChI=1S/C24H28N6O2/c1-15-12-16(2)28-24(27-15)30-11-5-6-21(30)22-20(14-25-17(3)29-22)23(31)26-13-18-7-9-19(32-4)10-8-18/h7-10,12,14,21H,5-6,11,13H2,1-4H3,(H,26,31)/t21-/m0/s1. The molecule has 166 valence electrons. The molecule has 1 atom stereocenters. The van der Waals surface area contributed by atoms with Crippen molar-refractivity contribution in [2.45, 2.75) is 46.2 Å². The third-order valence-corrected chi connectivity index (χ3v) is 5.59. The zero-order valence-corrected chi connectivity index (χ0v) is 18.9. The third kappa shape index (κ3) is 4.69. The second-order valence-electron chi connectivity index (χ2n) is 8.05. The van der Waals surface area contributed by atoms with Crippen LogP contribution < -0.4 is 15.0 Å². The van der Waals surface area contributed by atoms with E-state index >= 15 is 0 Å². The topological polar surface area (TPSA) is 93.1 Å². The van der Waals surface area contributed by atoms with Gasteiger partial charge in [0, 0.05) is 30.7 Å². The van der Waals surface area contributed by atoms with Gasteiger partial charge < -0.3 is 15.0 Å². The van der Waals surface area contributed by atoms with Gasteiger partial charge in [0.25, 0.3) is 5.91 Å². The summed E-state index contributed by atoms with van der Waals surface area (Å²) in [5.41, 5.74) is 4.05. The molecule has 8 nitrogen and oxygen atoms in total. The van der Waals surface area contributed by atoms with Crippen molar-refractivity contribution in [2.75, 3.05) is 18.6 Å². The summed E-state index contributed by atoms with van der Waals surface area (Å²) in [5, 5.41) is 3.00. The largest absolute Gasteiger partial charge is 0.497 e. The van der Waals surface area contributed by atoms with Crippen LogP contribution in [0.4, 0.5) is 5.95 Å². The number of carbonyl (C=O) groups excluding carboxylic acids is 1. The highest BCUT2D eigenvalue weighted by Crippen LogP contribution is 2.35. The first-order chi connectivity index (χ1) is 15.4. The Morgan fingerprint density at radius 2 is 1.84 bits per heavy atom. The second-order valence-corrected chi connectivity index (χ2v) is 8.05. The van der Waals surface area contributed by atoms with Crippen molar-refractivity contribution >= 4 is 11.9 Å². The number of rotatable bonds is 6. The quantitative estimate of drug-likeness (QED) is 0.637. The van der Waals surface area contributed by atoms with Gasteiger partial charge in [0.15, 0.2) is 0 Å². The van der Waals surface area contributed by atoms with Gasteiger partial charge in [-0.3, -0.25) is 4.79 Å². The van der Waals surface area contributed by atoms with Gasteiger partial charge in [0.1, 0.15) is 11.6 Å². The lowest BCUT2D eigenvalue weighted by Crippen LogP contribution is -2.30. The number of ether oxygens (including phenoxy) is 1. The maximum absolute atomic E-state index is 13.1. The monoisotopic (exact) mass is 432 g/mol. The van der Waals surface area contributed by atoms with Crippen molar-refractivity contribution in [1.82, 2.24) is 25.3 Å². The summed E-state index contributed by atoms with van der Waals surface area (Å²) in [5.74, 6) is 1.92. The zero-order chi connectivity index (χ0) is 22.7. The fraction of sp³-hybridized carbons (Fsp3) is 0.375. The molecule has 1 aromatic carbocycles. The van der Waals surface area contributed by atoms with Gasteiger partial charge in [0.05, 0.1) is 24.4 Å². The Balaban J connectivity index is 1.58. The fourth-order valence-electron chi connectivity index (χ4n) is 4.06.